The van der Waals surface area contributed by atoms with Gasteiger partial charge in [0.15, 0.2) is 0 Å². The van der Waals surface area contributed by atoms with Crippen molar-refractivity contribution in [2.24, 2.45) is 0 Å². The van der Waals surface area contributed by atoms with Crippen molar-refractivity contribution in [1.82, 2.24) is 0 Å². The first-order chi connectivity index (χ1) is 6.39. The number of benzene rings is 1. The fourth-order valence-corrected chi connectivity index (χ4v) is 1.37. The van der Waals surface area contributed by atoms with E-state index in [1.807, 2.05) is 6.92 Å². The lowest BCUT2D eigenvalue weighted by Gasteiger charge is -2.04. The Balaban J connectivity index is 2.71. The predicted molar refractivity (Wildman–Crippen MR) is 48.1 cm³/mol. The minimum atomic E-state index is -4.77. The number of aryl methyl sites for hydroxylation is 1. The number of alkyl halides is 3. The summed E-state index contributed by atoms with van der Waals surface area (Å²) in [5, 5.41) is -1.79. The van der Waals surface area contributed by atoms with Crippen LogP contribution in [-0.4, -0.2) is 11.3 Å². The molecule has 14 heavy (non-hydrogen) atoms. The summed E-state index contributed by atoms with van der Waals surface area (Å²) in [6.45, 7) is 1.82. The molecule has 0 N–H and O–H groups in total. The molecular weight excluding hydrogens is 213 g/mol. The number of hydrogen-bond donors (Lipinski definition) is 0. The summed E-state index contributed by atoms with van der Waals surface area (Å²) < 4.78 is 35.5. The Labute approximate surface area is 83.3 Å². The molecule has 0 saturated carbocycles. The van der Waals surface area contributed by atoms with Crippen molar-refractivity contribution in [3.63, 3.8) is 0 Å². The molecule has 0 radical (unpaired) electrons. The molecule has 1 nitrogen and oxygen atoms in total. The van der Waals surface area contributed by atoms with Crippen LogP contribution in [0.3, 0.4) is 0 Å². The summed E-state index contributed by atoms with van der Waals surface area (Å²) in [6, 6.07) is 6.30. The standard InChI is InChI=1S/C9H7F3OS/c1-6-2-4-7(5-3-6)14-8(13)9(10,11)12/h2-5H,1H3. The van der Waals surface area contributed by atoms with Gasteiger partial charge in [0.2, 0.25) is 0 Å². The van der Waals surface area contributed by atoms with Crippen LogP contribution >= 0.6 is 11.8 Å². The molecule has 0 atom stereocenters. The lowest BCUT2D eigenvalue weighted by atomic mass is 10.2. The Kier molecular flexibility index (Phi) is 3.21. The number of carbonyl (C=O) groups is 1. The summed E-state index contributed by atoms with van der Waals surface area (Å²) in [5.41, 5.74) is 0.939. The van der Waals surface area contributed by atoms with Crippen molar-refractivity contribution >= 4 is 16.9 Å². The Hall–Kier alpha value is -0.970. The van der Waals surface area contributed by atoms with Crippen LogP contribution < -0.4 is 0 Å². The average Bonchev–Trinajstić information content (AvgIpc) is 2.07. The van der Waals surface area contributed by atoms with E-state index < -0.39 is 11.3 Å². The normalized spacial score (nSPS) is 11.4. The zero-order valence-corrected chi connectivity index (χ0v) is 8.08. The molecule has 0 heterocycles. The summed E-state index contributed by atoms with van der Waals surface area (Å²) in [4.78, 5) is 10.9. The molecule has 0 aliphatic carbocycles. The van der Waals surface area contributed by atoms with Crippen LogP contribution in [-0.2, 0) is 4.79 Å². The van der Waals surface area contributed by atoms with Gasteiger partial charge in [-0.2, -0.15) is 13.2 Å². The fourth-order valence-electron chi connectivity index (χ4n) is 0.771. The monoisotopic (exact) mass is 220 g/mol. The number of rotatable bonds is 1. The zero-order valence-electron chi connectivity index (χ0n) is 7.26. The summed E-state index contributed by atoms with van der Waals surface area (Å²) in [5.74, 6) is 0. The van der Waals surface area contributed by atoms with Crippen LogP contribution in [0.1, 0.15) is 5.56 Å². The minimum Gasteiger partial charge on any atom is -0.276 e. The molecule has 0 unspecified atom stereocenters. The highest BCUT2D eigenvalue weighted by atomic mass is 32.2. The second kappa shape index (κ2) is 4.04. The van der Waals surface area contributed by atoms with Crippen molar-refractivity contribution in [3.8, 4) is 0 Å². The molecule has 0 aliphatic heterocycles. The molecule has 1 aromatic rings. The molecule has 0 amide bonds. The van der Waals surface area contributed by atoms with E-state index in [0.717, 1.165) is 5.56 Å². The number of hydrogen-bond acceptors (Lipinski definition) is 2. The van der Waals surface area contributed by atoms with Crippen LogP contribution in [0.4, 0.5) is 13.2 Å². The van der Waals surface area contributed by atoms with Gasteiger partial charge in [-0.1, -0.05) is 17.7 Å². The quantitative estimate of drug-likeness (QED) is 0.676. The summed E-state index contributed by atoms with van der Waals surface area (Å²) >= 11 is 0.195. The minimum absolute atomic E-state index is 0.195. The molecule has 76 valence electrons. The van der Waals surface area contributed by atoms with Crippen LogP contribution in [0.15, 0.2) is 29.2 Å². The zero-order chi connectivity index (χ0) is 10.8. The highest BCUT2D eigenvalue weighted by Gasteiger charge is 2.38. The number of carbonyl (C=O) groups excluding carboxylic acids is 1. The van der Waals surface area contributed by atoms with E-state index in [2.05, 4.69) is 0 Å². The van der Waals surface area contributed by atoms with Gasteiger partial charge in [0.1, 0.15) is 0 Å². The van der Waals surface area contributed by atoms with Gasteiger partial charge in [-0.15, -0.1) is 0 Å². The van der Waals surface area contributed by atoms with Gasteiger partial charge in [0.25, 0.3) is 5.12 Å². The van der Waals surface area contributed by atoms with Gasteiger partial charge >= 0.3 is 6.18 Å². The van der Waals surface area contributed by atoms with E-state index in [0.29, 0.717) is 4.90 Å². The fraction of sp³-hybridized carbons (Fsp3) is 0.222. The Morgan fingerprint density at radius 2 is 1.71 bits per heavy atom. The smallest absolute Gasteiger partial charge is 0.276 e. The Morgan fingerprint density at radius 1 is 1.21 bits per heavy atom. The van der Waals surface area contributed by atoms with Gasteiger partial charge in [0.05, 0.1) is 0 Å². The molecule has 1 rings (SSSR count). The second-order valence-corrected chi connectivity index (χ2v) is 3.75. The van der Waals surface area contributed by atoms with E-state index in [9.17, 15) is 18.0 Å². The molecule has 0 saturated heterocycles. The SMILES string of the molecule is Cc1ccc(SC(=O)C(F)(F)F)cc1. The van der Waals surface area contributed by atoms with Crippen molar-refractivity contribution in [1.29, 1.82) is 0 Å². The summed E-state index contributed by atoms with van der Waals surface area (Å²) in [6.07, 6.45) is -4.77. The first-order valence-electron chi connectivity index (χ1n) is 3.75. The highest BCUT2D eigenvalue weighted by Crippen LogP contribution is 2.28. The first-order valence-corrected chi connectivity index (χ1v) is 4.57. The molecular formula is C9H7F3OS. The van der Waals surface area contributed by atoms with Gasteiger partial charge in [-0.3, -0.25) is 4.79 Å². The lowest BCUT2D eigenvalue weighted by molar-refractivity contribution is -0.160. The largest absolute Gasteiger partial charge is 0.461 e. The third kappa shape index (κ3) is 3.06. The van der Waals surface area contributed by atoms with E-state index >= 15 is 0 Å². The van der Waals surface area contributed by atoms with Crippen LogP contribution in [0.25, 0.3) is 0 Å². The maximum atomic E-state index is 11.8. The topological polar surface area (TPSA) is 17.1 Å². The Bertz CT molecular complexity index is 329. The van der Waals surface area contributed by atoms with Crippen LogP contribution in [0.5, 0.6) is 0 Å². The van der Waals surface area contributed by atoms with Gasteiger partial charge < -0.3 is 0 Å². The maximum absolute atomic E-state index is 11.8. The molecule has 0 spiro atoms. The molecule has 0 aromatic heterocycles. The van der Waals surface area contributed by atoms with Crippen molar-refractivity contribution in [2.45, 2.75) is 18.0 Å². The van der Waals surface area contributed by atoms with Crippen molar-refractivity contribution < 1.29 is 18.0 Å². The summed E-state index contributed by atoms with van der Waals surface area (Å²) in [7, 11) is 0. The third-order valence-electron chi connectivity index (χ3n) is 1.46. The maximum Gasteiger partial charge on any atom is 0.461 e. The van der Waals surface area contributed by atoms with Crippen LogP contribution in [0, 0.1) is 6.92 Å². The molecule has 5 heteroatoms. The highest BCUT2D eigenvalue weighted by molar-refractivity contribution is 8.13. The molecule has 0 bridgehead atoms. The van der Waals surface area contributed by atoms with E-state index in [4.69, 9.17) is 0 Å². The van der Waals surface area contributed by atoms with Crippen molar-refractivity contribution in [3.05, 3.63) is 29.8 Å². The van der Waals surface area contributed by atoms with E-state index in [1.54, 1.807) is 12.1 Å². The van der Waals surface area contributed by atoms with Gasteiger partial charge in [0, 0.05) is 4.90 Å². The predicted octanol–water partition coefficient (Wildman–Crippen LogP) is 3.18. The molecule has 0 fully saturated rings. The Morgan fingerprint density at radius 3 is 2.14 bits per heavy atom. The number of thioether (sulfide) groups is 1. The molecule has 0 aliphatic rings. The first kappa shape index (κ1) is 11.1. The molecule has 1 aromatic carbocycles. The average molecular weight is 220 g/mol. The lowest BCUT2D eigenvalue weighted by Crippen LogP contribution is -2.18. The second-order valence-electron chi connectivity index (χ2n) is 2.70. The van der Waals surface area contributed by atoms with Crippen LogP contribution in [0.2, 0.25) is 0 Å². The van der Waals surface area contributed by atoms with Crippen molar-refractivity contribution in [2.75, 3.05) is 0 Å². The van der Waals surface area contributed by atoms with E-state index in [-0.39, 0.29) is 11.8 Å². The van der Waals surface area contributed by atoms with Gasteiger partial charge in [-0.05, 0) is 30.8 Å². The van der Waals surface area contributed by atoms with Gasteiger partial charge in [-0.25, -0.2) is 0 Å². The third-order valence-corrected chi connectivity index (χ3v) is 2.39. The van der Waals surface area contributed by atoms with E-state index in [1.165, 1.54) is 12.1 Å². The number of halogens is 3.